The van der Waals surface area contributed by atoms with Gasteiger partial charge in [-0.1, -0.05) is 19.1 Å². The predicted octanol–water partition coefficient (Wildman–Crippen LogP) is 1.78. The van der Waals surface area contributed by atoms with Crippen LogP contribution in [0.5, 0.6) is 5.75 Å². The number of aliphatic hydroxyl groups is 1. The molecule has 1 aromatic carbocycles. The fourth-order valence-corrected chi connectivity index (χ4v) is 2.54. The summed E-state index contributed by atoms with van der Waals surface area (Å²) in [5.41, 5.74) is 2.01. The zero-order chi connectivity index (χ0) is 14.7. The highest BCUT2D eigenvalue weighted by Gasteiger charge is 2.27. The molecule has 1 heterocycles. The summed E-state index contributed by atoms with van der Waals surface area (Å²) in [6.07, 6.45) is 0.822. The quantitative estimate of drug-likeness (QED) is 0.916. The number of rotatable bonds is 3. The largest absolute Gasteiger partial charge is 0.496 e. The van der Waals surface area contributed by atoms with Crippen LogP contribution in [0.4, 0.5) is 0 Å². The normalized spacial score (nSPS) is 22.7. The lowest BCUT2D eigenvalue weighted by Gasteiger charge is -2.34. The van der Waals surface area contributed by atoms with E-state index in [1.54, 1.807) is 12.0 Å². The Balaban J connectivity index is 2.01. The summed E-state index contributed by atoms with van der Waals surface area (Å²) in [5, 5.41) is 9.87. The number of aliphatic hydroxyl groups excluding tert-OH is 1. The Kier molecular flexibility index (Phi) is 4.65. The molecule has 1 amide bonds. The number of amides is 1. The number of ether oxygens (including phenoxy) is 1. The Morgan fingerprint density at radius 3 is 2.90 bits per heavy atom. The van der Waals surface area contributed by atoms with Crippen LogP contribution in [-0.2, 0) is 11.2 Å². The lowest BCUT2D eigenvalue weighted by atomic mass is 9.95. The highest BCUT2D eigenvalue weighted by atomic mass is 16.5. The highest BCUT2D eigenvalue weighted by Crippen LogP contribution is 2.21. The number of aryl methyl sites for hydroxylation is 1. The topological polar surface area (TPSA) is 49.8 Å². The van der Waals surface area contributed by atoms with E-state index in [4.69, 9.17) is 4.74 Å². The first-order valence-electron chi connectivity index (χ1n) is 7.10. The van der Waals surface area contributed by atoms with Gasteiger partial charge in [0.05, 0.1) is 19.6 Å². The Labute approximate surface area is 120 Å². The van der Waals surface area contributed by atoms with Gasteiger partial charge < -0.3 is 14.7 Å². The monoisotopic (exact) mass is 277 g/mol. The summed E-state index contributed by atoms with van der Waals surface area (Å²) in [5.74, 6) is 1.16. The number of nitrogens with zero attached hydrogens (tertiary/aromatic N) is 1. The highest BCUT2D eigenvalue weighted by molar-refractivity contribution is 5.79. The van der Waals surface area contributed by atoms with E-state index in [-0.39, 0.29) is 11.8 Å². The lowest BCUT2D eigenvalue weighted by molar-refractivity contribution is -0.134. The third-order valence-electron chi connectivity index (χ3n) is 4.10. The molecule has 20 heavy (non-hydrogen) atoms. The number of methoxy groups -OCH3 is 1. The summed E-state index contributed by atoms with van der Waals surface area (Å²) in [7, 11) is 1.64. The van der Waals surface area contributed by atoms with Crippen molar-refractivity contribution < 1.29 is 14.6 Å². The molecule has 1 aliphatic heterocycles. The molecule has 4 nitrogen and oxygen atoms in total. The fraction of sp³-hybridized carbons (Fsp3) is 0.562. The molecule has 1 aliphatic rings. The van der Waals surface area contributed by atoms with E-state index in [1.165, 1.54) is 0 Å². The van der Waals surface area contributed by atoms with Gasteiger partial charge in [-0.2, -0.15) is 0 Å². The van der Waals surface area contributed by atoms with Crippen molar-refractivity contribution in [3.8, 4) is 5.75 Å². The maximum absolute atomic E-state index is 12.3. The third-order valence-corrected chi connectivity index (χ3v) is 4.10. The second-order valence-corrected chi connectivity index (χ2v) is 5.65. The summed E-state index contributed by atoms with van der Waals surface area (Å²) in [6.45, 7) is 5.19. The van der Waals surface area contributed by atoms with Crippen LogP contribution in [0, 0.1) is 12.8 Å². The van der Waals surface area contributed by atoms with E-state index in [0.717, 1.165) is 29.8 Å². The van der Waals surface area contributed by atoms with Crippen molar-refractivity contribution in [2.24, 2.45) is 5.92 Å². The number of β-amino-alcohol motifs (C(OH)–C–C–N with tert-alkyl or cyclic N) is 1. The lowest BCUT2D eigenvalue weighted by Crippen LogP contribution is -2.46. The van der Waals surface area contributed by atoms with E-state index in [1.807, 2.05) is 32.0 Å². The Morgan fingerprint density at radius 1 is 1.50 bits per heavy atom. The number of piperidine rings is 1. The third kappa shape index (κ3) is 3.31. The minimum Gasteiger partial charge on any atom is -0.496 e. The number of carbonyl (C=O) groups excluding carboxylic acids is 1. The van der Waals surface area contributed by atoms with Crippen LogP contribution >= 0.6 is 0 Å². The minimum absolute atomic E-state index is 0.0712. The van der Waals surface area contributed by atoms with Crippen LogP contribution < -0.4 is 4.74 Å². The molecule has 4 heteroatoms. The molecular formula is C16H23NO3. The number of benzene rings is 1. The van der Waals surface area contributed by atoms with E-state index >= 15 is 0 Å². The van der Waals surface area contributed by atoms with Gasteiger partial charge in [-0.3, -0.25) is 4.79 Å². The van der Waals surface area contributed by atoms with Crippen molar-refractivity contribution in [3.05, 3.63) is 29.3 Å². The average molecular weight is 277 g/mol. The van der Waals surface area contributed by atoms with Crippen molar-refractivity contribution in [3.63, 3.8) is 0 Å². The molecular weight excluding hydrogens is 254 g/mol. The van der Waals surface area contributed by atoms with Crippen molar-refractivity contribution >= 4 is 5.91 Å². The molecule has 1 fully saturated rings. The maximum Gasteiger partial charge on any atom is 0.227 e. The van der Waals surface area contributed by atoms with Gasteiger partial charge >= 0.3 is 0 Å². The zero-order valence-electron chi connectivity index (χ0n) is 12.4. The van der Waals surface area contributed by atoms with Gasteiger partial charge in [0.25, 0.3) is 0 Å². The molecule has 0 aliphatic carbocycles. The molecule has 0 saturated carbocycles. The van der Waals surface area contributed by atoms with Crippen molar-refractivity contribution in [2.45, 2.75) is 32.8 Å². The fourth-order valence-electron chi connectivity index (χ4n) is 2.54. The van der Waals surface area contributed by atoms with Crippen LogP contribution in [-0.4, -0.2) is 42.2 Å². The maximum atomic E-state index is 12.3. The first-order chi connectivity index (χ1) is 9.51. The number of carbonyl (C=O) groups is 1. The first kappa shape index (κ1) is 14.9. The standard InChI is InChI=1S/C16H23NO3/c1-11-6-7-17(10-14(11)18)16(19)9-13-5-4-12(2)15(8-13)20-3/h4-5,8,11,14,18H,6-7,9-10H2,1-3H3. The molecule has 0 radical (unpaired) electrons. The molecule has 0 spiro atoms. The van der Waals surface area contributed by atoms with Gasteiger partial charge in [0.1, 0.15) is 5.75 Å². The second-order valence-electron chi connectivity index (χ2n) is 5.65. The number of likely N-dealkylation sites (tertiary alicyclic amines) is 1. The molecule has 2 unspecified atom stereocenters. The molecule has 2 rings (SSSR count). The molecule has 1 saturated heterocycles. The Bertz CT molecular complexity index is 487. The molecule has 1 N–H and O–H groups in total. The number of hydrogen-bond donors (Lipinski definition) is 1. The van der Waals surface area contributed by atoms with Gasteiger partial charge in [-0.05, 0) is 36.5 Å². The van der Waals surface area contributed by atoms with E-state index in [0.29, 0.717) is 13.0 Å². The van der Waals surface area contributed by atoms with Crippen LogP contribution in [0.1, 0.15) is 24.5 Å². The summed E-state index contributed by atoms with van der Waals surface area (Å²) >= 11 is 0. The van der Waals surface area contributed by atoms with Crippen LogP contribution in [0.3, 0.4) is 0 Å². The summed E-state index contributed by atoms with van der Waals surface area (Å²) < 4.78 is 5.28. The molecule has 2 atom stereocenters. The van der Waals surface area contributed by atoms with E-state index < -0.39 is 6.10 Å². The SMILES string of the molecule is COc1cc(CC(=O)N2CCC(C)C(O)C2)ccc1C. The van der Waals surface area contributed by atoms with Gasteiger partial charge in [-0.15, -0.1) is 0 Å². The van der Waals surface area contributed by atoms with Crippen LogP contribution in [0.2, 0.25) is 0 Å². The van der Waals surface area contributed by atoms with Gasteiger partial charge in [0, 0.05) is 13.1 Å². The first-order valence-corrected chi connectivity index (χ1v) is 7.10. The minimum atomic E-state index is -0.403. The van der Waals surface area contributed by atoms with Crippen LogP contribution in [0.25, 0.3) is 0 Å². The van der Waals surface area contributed by atoms with Gasteiger partial charge in [0.2, 0.25) is 5.91 Å². The van der Waals surface area contributed by atoms with E-state index in [9.17, 15) is 9.90 Å². The van der Waals surface area contributed by atoms with Crippen LogP contribution in [0.15, 0.2) is 18.2 Å². The Hall–Kier alpha value is -1.55. The molecule has 0 bridgehead atoms. The smallest absolute Gasteiger partial charge is 0.227 e. The zero-order valence-corrected chi connectivity index (χ0v) is 12.4. The summed E-state index contributed by atoms with van der Waals surface area (Å²) in [6, 6.07) is 5.84. The summed E-state index contributed by atoms with van der Waals surface area (Å²) in [4.78, 5) is 14.0. The second kappa shape index (κ2) is 6.27. The van der Waals surface area contributed by atoms with Gasteiger partial charge in [0.15, 0.2) is 0 Å². The predicted molar refractivity (Wildman–Crippen MR) is 77.8 cm³/mol. The van der Waals surface area contributed by atoms with Crippen molar-refractivity contribution in [1.29, 1.82) is 0 Å². The van der Waals surface area contributed by atoms with E-state index in [2.05, 4.69) is 0 Å². The van der Waals surface area contributed by atoms with Crippen molar-refractivity contribution in [1.82, 2.24) is 4.90 Å². The molecule has 0 aromatic heterocycles. The Morgan fingerprint density at radius 2 is 2.25 bits per heavy atom. The van der Waals surface area contributed by atoms with Crippen molar-refractivity contribution in [2.75, 3.05) is 20.2 Å². The molecule has 110 valence electrons. The molecule has 1 aromatic rings. The average Bonchev–Trinajstić information content (AvgIpc) is 2.43. The number of hydrogen-bond acceptors (Lipinski definition) is 3. The van der Waals surface area contributed by atoms with Gasteiger partial charge in [-0.25, -0.2) is 0 Å².